The largest absolute Gasteiger partial charge is 0.492 e. The molecule has 2 aromatic rings. The molecule has 0 amide bonds. The zero-order chi connectivity index (χ0) is 14.7. The van der Waals surface area contributed by atoms with Gasteiger partial charge in [0.25, 0.3) is 0 Å². The second-order valence-corrected chi connectivity index (χ2v) is 5.95. The average Bonchev–Trinajstić information content (AvgIpc) is 3.09. The molecule has 3 rings (SSSR count). The van der Waals surface area contributed by atoms with Gasteiger partial charge in [0.05, 0.1) is 12.1 Å². The lowest BCUT2D eigenvalue weighted by Crippen LogP contribution is -2.21. The van der Waals surface area contributed by atoms with Crippen LogP contribution in [0.25, 0.3) is 11.0 Å². The van der Waals surface area contributed by atoms with E-state index in [0.29, 0.717) is 6.61 Å². The summed E-state index contributed by atoms with van der Waals surface area (Å²) in [5.74, 6) is 0.888. The van der Waals surface area contributed by atoms with Crippen molar-refractivity contribution in [1.29, 1.82) is 0 Å². The predicted molar refractivity (Wildman–Crippen MR) is 88.6 cm³/mol. The number of hydrogen-bond donors (Lipinski definition) is 1. The summed E-state index contributed by atoms with van der Waals surface area (Å²) < 4.78 is 8.66. The molecule has 1 aromatic carbocycles. The maximum Gasteiger partial charge on any atom is 0.178 e. The Morgan fingerprint density at radius 1 is 1.24 bits per heavy atom. The minimum Gasteiger partial charge on any atom is -0.492 e. The Morgan fingerprint density at radius 3 is 2.81 bits per heavy atom. The highest BCUT2D eigenvalue weighted by molar-refractivity contribution is 7.71. The van der Waals surface area contributed by atoms with E-state index < -0.39 is 0 Å². The van der Waals surface area contributed by atoms with E-state index in [9.17, 15) is 0 Å². The van der Waals surface area contributed by atoms with Crippen LogP contribution in [0.4, 0.5) is 0 Å². The number of aryl methyl sites for hydroxylation is 1. The number of likely N-dealkylation sites (tertiary alicyclic amines) is 1. The van der Waals surface area contributed by atoms with Crippen LogP contribution in [-0.2, 0) is 6.54 Å². The molecule has 0 aliphatic carbocycles. The number of rotatable bonds is 6. The van der Waals surface area contributed by atoms with Crippen molar-refractivity contribution in [3.05, 3.63) is 23.0 Å². The summed E-state index contributed by atoms with van der Waals surface area (Å²) in [7, 11) is 0. The molecule has 1 N–H and O–H groups in total. The highest BCUT2D eigenvalue weighted by atomic mass is 32.1. The lowest BCUT2D eigenvalue weighted by atomic mass is 10.3. The molecule has 1 saturated heterocycles. The predicted octanol–water partition coefficient (Wildman–Crippen LogP) is 3.58. The molecule has 0 spiro atoms. The molecular formula is C16H23N3OS. The number of para-hydroxylation sites is 1. The lowest BCUT2D eigenvalue weighted by molar-refractivity contribution is 0.326. The average molecular weight is 305 g/mol. The summed E-state index contributed by atoms with van der Waals surface area (Å²) in [6.07, 6.45) is 3.84. The molecule has 0 radical (unpaired) electrons. The van der Waals surface area contributed by atoms with Crippen LogP contribution >= 0.6 is 12.2 Å². The Morgan fingerprint density at radius 2 is 2.05 bits per heavy atom. The zero-order valence-corrected chi connectivity index (χ0v) is 13.4. The van der Waals surface area contributed by atoms with Gasteiger partial charge in [-0.2, -0.15) is 0 Å². The first-order chi connectivity index (χ1) is 10.3. The molecule has 0 bridgehead atoms. The van der Waals surface area contributed by atoms with Gasteiger partial charge in [-0.3, -0.25) is 0 Å². The number of aromatic amines is 1. The molecule has 0 unspecified atom stereocenters. The maximum atomic E-state index is 5.67. The fourth-order valence-corrected chi connectivity index (χ4v) is 3.40. The van der Waals surface area contributed by atoms with Crippen molar-refractivity contribution >= 4 is 23.3 Å². The Labute approximate surface area is 130 Å². The third-order valence-corrected chi connectivity index (χ3v) is 4.45. The molecule has 0 atom stereocenters. The number of nitrogens with one attached hydrogen (secondary N) is 1. The van der Waals surface area contributed by atoms with Gasteiger partial charge in [-0.1, -0.05) is 6.07 Å². The summed E-state index contributed by atoms with van der Waals surface area (Å²) in [6.45, 7) is 7.31. The van der Waals surface area contributed by atoms with Crippen LogP contribution < -0.4 is 4.74 Å². The van der Waals surface area contributed by atoms with Crippen LogP contribution in [0.2, 0.25) is 0 Å². The van der Waals surface area contributed by atoms with Crippen molar-refractivity contribution < 1.29 is 4.74 Å². The van der Waals surface area contributed by atoms with E-state index in [4.69, 9.17) is 17.0 Å². The second-order valence-electron chi connectivity index (χ2n) is 5.57. The van der Waals surface area contributed by atoms with E-state index in [1.54, 1.807) is 0 Å². The number of aromatic nitrogens is 2. The first-order valence-electron chi connectivity index (χ1n) is 7.86. The Kier molecular flexibility index (Phi) is 4.60. The van der Waals surface area contributed by atoms with Gasteiger partial charge < -0.3 is 19.2 Å². The van der Waals surface area contributed by atoms with Gasteiger partial charge in [-0.25, -0.2) is 0 Å². The number of nitrogens with zero attached hydrogens (tertiary/aromatic N) is 2. The van der Waals surface area contributed by atoms with E-state index in [2.05, 4.69) is 20.5 Å². The normalized spacial score (nSPS) is 15.9. The third kappa shape index (κ3) is 3.14. The van der Waals surface area contributed by atoms with Crippen molar-refractivity contribution in [3.63, 3.8) is 0 Å². The van der Waals surface area contributed by atoms with Crippen molar-refractivity contribution in [2.24, 2.45) is 0 Å². The molecule has 114 valence electrons. The number of hydrogen-bond acceptors (Lipinski definition) is 3. The SMILES string of the molecule is CCOc1cccc2c1[nH]c(=S)n2CCCN1CCCC1. The van der Waals surface area contributed by atoms with Gasteiger partial charge >= 0.3 is 0 Å². The number of imidazole rings is 1. The zero-order valence-electron chi connectivity index (χ0n) is 12.6. The first kappa shape index (κ1) is 14.6. The van der Waals surface area contributed by atoms with Crippen molar-refractivity contribution in [2.75, 3.05) is 26.2 Å². The smallest absolute Gasteiger partial charge is 0.178 e. The minimum atomic E-state index is 0.667. The minimum absolute atomic E-state index is 0.667. The molecule has 21 heavy (non-hydrogen) atoms. The standard InChI is InChI=1S/C16H23N3OS/c1-2-20-14-8-5-7-13-15(14)17-16(21)19(13)12-6-11-18-9-3-4-10-18/h5,7-8H,2-4,6,9-12H2,1H3,(H,17,21). The molecule has 0 saturated carbocycles. The van der Waals surface area contributed by atoms with Crippen molar-refractivity contribution in [3.8, 4) is 5.75 Å². The molecule has 5 heteroatoms. The van der Waals surface area contributed by atoms with Gasteiger partial charge in [0.1, 0.15) is 11.3 Å². The molecule has 1 aromatic heterocycles. The van der Waals surface area contributed by atoms with Crippen LogP contribution in [0.3, 0.4) is 0 Å². The number of ether oxygens (including phenoxy) is 1. The van der Waals surface area contributed by atoms with Crippen LogP contribution in [-0.4, -0.2) is 40.7 Å². The van der Waals surface area contributed by atoms with Gasteiger partial charge in [-0.15, -0.1) is 0 Å². The molecular weight excluding hydrogens is 282 g/mol. The quantitative estimate of drug-likeness (QED) is 0.828. The first-order valence-corrected chi connectivity index (χ1v) is 8.27. The molecule has 1 aliphatic rings. The van der Waals surface area contributed by atoms with E-state index >= 15 is 0 Å². The summed E-state index contributed by atoms with van der Waals surface area (Å²) in [5, 5.41) is 0. The molecule has 4 nitrogen and oxygen atoms in total. The highest BCUT2D eigenvalue weighted by Crippen LogP contribution is 2.25. The van der Waals surface area contributed by atoms with Crippen LogP contribution in [0.15, 0.2) is 18.2 Å². The number of benzene rings is 1. The Hall–Kier alpha value is -1.33. The molecule has 2 heterocycles. The maximum absolute atomic E-state index is 5.67. The third-order valence-electron chi connectivity index (χ3n) is 4.13. The summed E-state index contributed by atoms with van der Waals surface area (Å²) >= 11 is 5.48. The second kappa shape index (κ2) is 6.62. The molecule has 1 fully saturated rings. The topological polar surface area (TPSA) is 33.2 Å². The lowest BCUT2D eigenvalue weighted by Gasteiger charge is -2.14. The van der Waals surface area contributed by atoms with Crippen LogP contribution in [0, 0.1) is 4.77 Å². The number of fused-ring (bicyclic) bond motifs is 1. The van der Waals surface area contributed by atoms with E-state index in [1.807, 2.05) is 19.1 Å². The van der Waals surface area contributed by atoms with E-state index in [-0.39, 0.29) is 0 Å². The van der Waals surface area contributed by atoms with Gasteiger partial charge in [0, 0.05) is 6.54 Å². The summed E-state index contributed by atoms with van der Waals surface area (Å²) in [4.78, 5) is 5.84. The van der Waals surface area contributed by atoms with Crippen LogP contribution in [0.5, 0.6) is 5.75 Å². The monoisotopic (exact) mass is 305 g/mol. The summed E-state index contributed by atoms with van der Waals surface area (Å²) in [5.41, 5.74) is 2.16. The Balaban J connectivity index is 1.76. The van der Waals surface area contributed by atoms with Gasteiger partial charge in [0.15, 0.2) is 4.77 Å². The molecule has 1 aliphatic heterocycles. The Bertz CT molecular complexity index is 655. The fourth-order valence-electron chi connectivity index (χ4n) is 3.11. The highest BCUT2D eigenvalue weighted by Gasteiger charge is 2.12. The van der Waals surface area contributed by atoms with E-state index in [0.717, 1.165) is 34.5 Å². The van der Waals surface area contributed by atoms with Crippen molar-refractivity contribution in [1.82, 2.24) is 14.5 Å². The van der Waals surface area contributed by atoms with Gasteiger partial charge in [0.2, 0.25) is 0 Å². The van der Waals surface area contributed by atoms with Crippen molar-refractivity contribution in [2.45, 2.75) is 32.7 Å². The van der Waals surface area contributed by atoms with Gasteiger partial charge in [-0.05, 0) is 70.2 Å². The fraction of sp³-hybridized carbons (Fsp3) is 0.562. The number of H-pyrrole nitrogens is 1. The summed E-state index contributed by atoms with van der Waals surface area (Å²) in [6, 6.07) is 6.14. The van der Waals surface area contributed by atoms with Crippen LogP contribution in [0.1, 0.15) is 26.2 Å². The van der Waals surface area contributed by atoms with E-state index in [1.165, 1.54) is 32.5 Å².